The highest BCUT2D eigenvalue weighted by atomic mass is 16.4. The lowest BCUT2D eigenvalue weighted by Crippen LogP contribution is -2.09. The van der Waals surface area contributed by atoms with Crippen molar-refractivity contribution in [3.63, 3.8) is 0 Å². The van der Waals surface area contributed by atoms with Crippen LogP contribution < -0.4 is 0 Å². The largest absolute Gasteiger partial charge is 0.481 e. The summed E-state index contributed by atoms with van der Waals surface area (Å²) in [6, 6.07) is 0. The highest BCUT2D eigenvalue weighted by molar-refractivity contribution is 5.69. The van der Waals surface area contributed by atoms with Gasteiger partial charge in [-0.3, -0.25) is 4.79 Å². The summed E-state index contributed by atoms with van der Waals surface area (Å²) in [5.41, 5.74) is 0. The van der Waals surface area contributed by atoms with E-state index in [1.165, 1.54) is 32.1 Å². The van der Waals surface area contributed by atoms with E-state index in [9.17, 15) is 4.79 Å². The molecule has 0 amide bonds. The molecule has 0 saturated carbocycles. The highest BCUT2D eigenvalue weighted by Gasteiger charge is 2.10. The molecular weight excluding hydrogens is 188 g/mol. The van der Waals surface area contributed by atoms with Crippen LogP contribution in [0.3, 0.4) is 0 Å². The van der Waals surface area contributed by atoms with Crippen LogP contribution in [-0.2, 0) is 4.79 Å². The van der Waals surface area contributed by atoms with Gasteiger partial charge < -0.3 is 5.11 Å². The number of unbranched alkanes of at least 4 members (excludes halogenated alkanes) is 2. The van der Waals surface area contributed by atoms with Gasteiger partial charge in [-0.15, -0.1) is 0 Å². The van der Waals surface area contributed by atoms with Gasteiger partial charge in [-0.2, -0.15) is 0 Å². The first-order valence-corrected chi connectivity index (χ1v) is 6.30. The van der Waals surface area contributed by atoms with E-state index in [1.807, 2.05) is 0 Å². The Labute approximate surface area is 94.1 Å². The molecule has 15 heavy (non-hydrogen) atoms. The Bertz CT molecular complexity index is 166. The third kappa shape index (κ3) is 8.46. The molecule has 0 bridgehead atoms. The molecule has 90 valence electrons. The first-order chi connectivity index (χ1) is 7.07. The third-order valence-electron chi connectivity index (χ3n) is 3.06. The van der Waals surface area contributed by atoms with E-state index in [4.69, 9.17) is 5.11 Å². The fourth-order valence-corrected chi connectivity index (χ4v) is 1.76. The minimum atomic E-state index is -0.658. The maximum absolute atomic E-state index is 10.6. The number of carboxylic acid groups (broad SMARTS) is 1. The molecule has 2 nitrogen and oxygen atoms in total. The van der Waals surface area contributed by atoms with Gasteiger partial charge in [0, 0.05) is 0 Å². The Balaban J connectivity index is 3.33. The Morgan fingerprint density at radius 3 is 2.13 bits per heavy atom. The normalized spacial score (nSPS) is 14.9. The van der Waals surface area contributed by atoms with Gasteiger partial charge in [-0.25, -0.2) is 0 Å². The molecule has 0 radical (unpaired) electrons. The average molecular weight is 214 g/mol. The van der Waals surface area contributed by atoms with Gasteiger partial charge in [0.25, 0.3) is 0 Å². The molecule has 0 rings (SSSR count). The summed E-state index contributed by atoms with van der Waals surface area (Å²) in [6.45, 7) is 6.32. The van der Waals surface area contributed by atoms with Crippen molar-refractivity contribution in [2.45, 2.75) is 65.7 Å². The van der Waals surface area contributed by atoms with Crippen molar-refractivity contribution >= 4 is 5.97 Å². The number of hydrogen-bond acceptors (Lipinski definition) is 1. The number of aliphatic carboxylic acids is 1. The molecule has 0 aliphatic rings. The van der Waals surface area contributed by atoms with Crippen LogP contribution in [0.2, 0.25) is 0 Å². The van der Waals surface area contributed by atoms with Gasteiger partial charge in [0.1, 0.15) is 0 Å². The van der Waals surface area contributed by atoms with Crippen molar-refractivity contribution in [1.29, 1.82) is 0 Å². The van der Waals surface area contributed by atoms with Crippen LogP contribution in [-0.4, -0.2) is 11.1 Å². The lowest BCUT2D eigenvalue weighted by molar-refractivity contribution is -0.141. The minimum absolute atomic E-state index is 0.170. The molecule has 0 fully saturated rings. The van der Waals surface area contributed by atoms with Gasteiger partial charge in [0.15, 0.2) is 0 Å². The highest BCUT2D eigenvalue weighted by Crippen LogP contribution is 2.17. The summed E-state index contributed by atoms with van der Waals surface area (Å²) < 4.78 is 0. The van der Waals surface area contributed by atoms with Gasteiger partial charge in [-0.05, 0) is 12.3 Å². The SMILES string of the molecule is CCCC[C@H](C)CCCC[C@H](C)C(=O)O. The molecule has 0 heterocycles. The molecule has 0 aromatic heterocycles. The molecule has 0 aromatic rings. The molecule has 0 saturated heterocycles. The van der Waals surface area contributed by atoms with E-state index in [0.717, 1.165) is 18.8 Å². The Hall–Kier alpha value is -0.530. The molecule has 1 N–H and O–H groups in total. The molecule has 2 atom stereocenters. The van der Waals surface area contributed by atoms with E-state index in [1.54, 1.807) is 6.92 Å². The number of hydrogen-bond donors (Lipinski definition) is 1. The number of carboxylic acids is 1. The lowest BCUT2D eigenvalue weighted by atomic mass is 9.95. The van der Waals surface area contributed by atoms with Crippen molar-refractivity contribution in [2.24, 2.45) is 11.8 Å². The van der Waals surface area contributed by atoms with Crippen molar-refractivity contribution in [3.05, 3.63) is 0 Å². The quantitative estimate of drug-likeness (QED) is 0.587. The van der Waals surface area contributed by atoms with Crippen LogP contribution in [0.1, 0.15) is 65.7 Å². The Kier molecular flexibility index (Phi) is 8.44. The first-order valence-electron chi connectivity index (χ1n) is 6.30. The van der Waals surface area contributed by atoms with E-state index < -0.39 is 5.97 Å². The van der Waals surface area contributed by atoms with E-state index in [0.29, 0.717) is 0 Å². The van der Waals surface area contributed by atoms with E-state index in [-0.39, 0.29) is 5.92 Å². The summed E-state index contributed by atoms with van der Waals surface area (Å²) in [5.74, 6) is -0.0185. The van der Waals surface area contributed by atoms with Crippen molar-refractivity contribution in [2.75, 3.05) is 0 Å². The summed E-state index contributed by atoms with van der Waals surface area (Å²) in [5, 5.41) is 8.71. The van der Waals surface area contributed by atoms with Crippen molar-refractivity contribution in [3.8, 4) is 0 Å². The number of rotatable bonds is 9. The zero-order chi connectivity index (χ0) is 11.7. The van der Waals surface area contributed by atoms with Crippen molar-refractivity contribution in [1.82, 2.24) is 0 Å². The minimum Gasteiger partial charge on any atom is -0.481 e. The van der Waals surface area contributed by atoms with Crippen molar-refractivity contribution < 1.29 is 9.90 Å². The second-order valence-corrected chi connectivity index (χ2v) is 4.77. The molecule has 0 aliphatic carbocycles. The molecule has 0 spiro atoms. The zero-order valence-corrected chi connectivity index (χ0v) is 10.5. The van der Waals surface area contributed by atoms with Crippen LogP contribution in [0, 0.1) is 11.8 Å². The molecule has 2 heteroatoms. The fourth-order valence-electron chi connectivity index (χ4n) is 1.76. The maximum Gasteiger partial charge on any atom is 0.306 e. The van der Waals surface area contributed by atoms with E-state index >= 15 is 0 Å². The lowest BCUT2D eigenvalue weighted by Gasteiger charge is -2.11. The fraction of sp³-hybridized carbons (Fsp3) is 0.923. The first kappa shape index (κ1) is 14.5. The summed E-state index contributed by atoms with van der Waals surface area (Å²) in [4.78, 5) is 10.6. The van der Waals surface area contributed by atoms with Crippen LogP contribution in [0.4, 0.5) is 0 Å². The molecular formula is C13H26O2. The standard InChI is InChI=1S/C13H26O2/c1-4-5-8-11(2)9-6-7-10-12(3)13(14)15/h11-12H,4-10H2,1-3H3,(H,14,15)/t11-,12-/m0/s1. The van der Waals surface area contributed by atoms with Crippen LogP contribution in [0.5, 0.6) is 0 Å². The van der Waals surface area contributed by atoms with Gasteiger partial charge in [0.05, 0.1) is 5.92 Å². The predicted molar refractivity (Wildman–Crippen MR) is 64.0 cm³/mol. The van der Waals surface area contributed by atoms with E-state index in [2.05, 4.69) is 13.8 Å². The Morgan fingerprint density at radius 1 is 1.07 bits per heavy atom. The smallest absolute Gasteiger partial charge is 0.306 e. The molecule has 0 aromatic carbocycles. The predicted octanol–water partition coefficient (Wildman–Crippen LogP) is 4.09. The molecule has 0 aliphatic heterocycles. The molecule has 0 unspecified atom stereocenters. The topological polar surface area (TPSA) is 37.3 Å². The number of carbonyl (C=O) groups is 1. The monoisotopic (exact) mass is 214 g/mol. The van der Waals surface area contributed by atoms with Crippen LogP contribution in [0.25, 0.3) is 0 Å². The summed E-state index contributed by atoms with van der Waals surface area (Å²) in [7, 11) is 0. The van der Waals surface area contributed by atoms with Crippen LogP contribution in [0.15, 0.2) is 0 Å². The Morgan fingerprint density at radius 2 is 1.60 bits per heavy atom. The van der Waals surface area contributed by atoms with Gasteiger partial charge in [0.2, 0.25) is 0 Å². The third-order valence-corrected chi connectivity index (χ3v) is 3.06. The zero-order valence-electron chi connectivity index (χ0n) is 10.5. The average Bonchev–Trinajstić information content (AvgIpc) is 2.20. The maximum atomic E-state index is 10.6. The van der Waals surface area contributed by atoms with Crippen LogP contribution >= 0.6 is 0 Å². The van der Waals surface area contributed by atoms with Gasteiger partial charge >= 0.3 is 5.97 Å². The summed E-state index contributed by atoms with van der Waals surface area (Å²) >= 11 is 0. The second-order valence-electron chi connectivity index (χ2n) is 4.77. The summed E-state index contributed by atoms with van der Waals surface area (Å²) in [6.07, 6.45) is 8.26. The second kappa shape index (κ2) is 8.75. The van der Waals surface area contributed by atoms with Gasteiger partial charge in [-0.1, -0.05) is 59.3 Å².